The van der Waals surface area contributed by atoms with Gasteiger partial charge in [-0.3, -0.25) is 4.79 Å². The molecule has 0 radical (unpaired) electrons. The number of nitrogens with one attached hydrogen (secondary N) is 1. The molecule has 1 saturated carbocycles. The van der Waals surface area contributed by atoms with Crippen LogP contribution in [0.5, 0.6) is 5.75 Å². The van der Waals surface area contributed by atoms with E-state index in [2.05, 4.69) is 30.4 Å². The van der Waals surface area contributed by atoms with Crippen LogP contribution in [0.3, 0.4) is 0 Å². The van der Waals surface area contributed by atoms with Crippen molar-refractivity contribution >= 4 is 16.7 Å². The van der Waals surface area contributed by atoms with Gasteiger partial charge >= 0.3 is 0 Å². The van der Waals surface area contributed by atoms with Crippen molar-refractivity contribution in [2.24, 2.45) is 11.8 Å². The van der Waals surface area contributed by atoms with Gasteiger partial charge < -0.3 is 10.1 Å². The first-order valence-corrected chi connectivity index (χ1v) is 7.13. The zero-order chi connectivity index (χ0) is 13.9. The first-order valence-electron chi connectivity index (χ1n) is 7.13. The lowest BCUT2D eigenvalue weighted by atomic mass is 10.1. The number of hydrogen-bond donors (Lipinski definition) is 1. The molecule has 0 bridgehead atoms. The monoisotopic (exact) mass is 269 g/mol. The molecule has 2 atom stereocenters. The third kappa shape index (κ3) is 2.93. The number of hydrogen-bond acceptors (Lipinski definition) is 2. The van der Waals surface area contributed by atoms with Crippen LogP contribution in [-0.2, 0) is 4.79 Å². The SMILES string of the molecule is CC1CC1C(=O)NCCOc1ccc2ccccc2c1. The zero-order valence-electron chi connectivity index (χ0n) is 11.6. The Labute approximate surface area is 118 Å². The Hall–Kier alpha value is -2.03. The highest BCUT2D eigenvalue weighted by Crippen LogP contribution is 2.37. The van der Waals surface area contributed by atoms with E-state index in [0.717, 1.165) is 12.2 Å². The van der Waals surface area contributed by atoms with E-state index < -0.39 is 0 Å². The van der Waals surface area contributed by atoms with Gasteiger partial charge in [0.05, 0.1) is 6.54 Å². The maximum atomic E-state index is 11.6. The minimum absolute atomic E-state index is 0.166. The fourth-order valence-corrected chi connectivity index (χ4v) is 2.42. The average molecular weight is 269 g/mol. The Bertz CT molecular complexity index is 623. The second kappa shape index (κ2) is 5.53. The molecular weight excluding hydrogens is 250 g/mol. The molecule has 0 aromatic heterocycles. The summed E-state index contributed by atoms with van der Waals surface area (Å²) in [6.45, 7) is 3.18. The second-order valence-corrected chi connectivity index (χ2v) is 5.47. The number of carbonyl (C=O) groups excluding carboxylic acids is 1. The van der Waals surface area contributed by atoms with Gasteiger partial charge in [-0.15, -0.1) is 0 Å². The number of rotatable bonds is 5. The molecule has 0 saturated heterocycles. The summed E-state index contributed by atoms with van der Waals surface area (Å²) in [5.74, 6) is 1.80. The van der Waals surface area contributed by atoms with Gasteiger partial charge in [-0.05, 0) is 35.2 Å². The summed E-state index contributed by atoms with van der Waals surface area (Å²) in [5, 5.41) is 5.29. The van der Waals surface area contributed by atoms with Crippen LogP contribution in [0.2, 0.25) is 0 Å². The number of ether oxygens (including phenoxy) is 1. The maximum Gasteiger partial charge on any atom is 0.223 e. The Morgan fingerprint density at radius 2 is 2.00 bits per heavy atom. The van der Waals surface area contributed by atoms with Crippen molar-refractivity contribution in [3.8, 4) is 5.75 Å². The van der Waals surface area contributed by atoms with Crippen LogP contribution < -0.4 is 10.1 Å². The van der Waals surface area contributed by atoms with E-state index in [-0.39, 0.29) is 11.8 Å². The molecule has 104 valence electrons. The number of benzene rings is 2. The topological polar surface area (TPSA) is 38.3 Å². The lowest BCUT2D eigenvalue weighted by Crippen LogP contribution is -2.29. The van der Waals surface area contributed by atoms with Crippen LogP contribution in [0, 0.1) is 11.8 Å². The van der Waals surface area contributed by atoms with E-state index >= 15 is 0 Å². The zero-order valence-corrected chi connectivity index (χ0v) is 11.6. The molecule has 0 spiro atoms. The van der Waals surface area contributed by atoms with Gasteiger partial charge in [0.2, 0.25) is 5.91 Å². The predicted molar refractivity (Wildman–Crippen MR) is 79.7 cm³/mol. The summed E-state index contributed by atoms with van der Waals surface area (Å²) < 4.78 is 5.68. The molecule has 3 nitrogen and oxygen atoms in total. The van der Waals surface area contributed by atoms with E-state index in [1.807, 2.05) is 24.3 Å². The summed E-state index contributed by atoms with van der Waals surface area (Å²) in [7, 11) is 0. The van der Waals surface area contributed by atoms with Gasteiger partial charge in [0.25, 0.3) is 0 Å². The molecule has 1 aliphatic carbocycles. The van der Waals surface area contributed by atoms with Gasteiger partial charge in [-0.2, -0.15) is 0 Å². The highest BCUT2D eigenvalue weighted by Gasteiger charge is 2.38. The van der Waals surface area contributed by atoms with Crippen molar-refractivity contribution in [1.29, 1.82) is 0 Å². The lowest BCUT2D eigenvalue weighted by Gasteiger charge is -2.08. The standard InChI is InChI=1S/C17H19NO2/c1-12-10-16(12)17(19)18-8-9-20-15-7-6-13-4-2-3-5-14(13)11-15/h2-7,11-12,16H,8-10H2,1H3,(H,18,19). The van der Waals surface area contributed by atoms with Crippen LogP contribution in [-0.4, -0.2) is 19.1 Å². The Kier molecular flexibility index (Phi) is 3.59. The van der Waals surface area contributed by atoms with Crippen molar-refractivity contribution in [2.45, 2.75) is 13.3 Å². The predicted octanol–water partition coefficient (Wildman–Crippen LogP) is 2.99. The fraction of sp³-hybridized carbons (Fsp3) is 0.353. The van der Waals surface area contributed by atoms with Gasteiger partial charge in [0.1, 0.15) is 12.4 Å². The van der Waals surface area contributed by atoms with Gasteiger partial charge in [-0.1, -0.05) is 37.3 Å². The molecule has 20 heavy (non-hydrogen) atoms. The highest BCUT2D eigenvalue weighted by molar-refractivity contribution is 5.83. The molecule has 2 aromatic carbocycles. The van der Waals surface area contributed by atoms with Crippen molar-refractivity contribution in [3.05, 3.63) is 42.5 Å². The van der Waals surface area contributed by atoms with Crippen molar-refractivity contribution in [3.63, 3.8) is 0 Å². The molecule has 1 N–H and O–H groups in total. The van der Waals surface area contributed by atoms with E-state index in [1.165, 1.54) is 10.8 Å². The first kappa shape index (κ1) is 13.0. The summed E-state index contributed by atoms with van der Waals surface area (Å²) in [4.78, 5) is 11.6. The molecular formula is C17H19NO2. The molecule has 3 rings (SSSR count). The number of amides is 1. The van der Waals surface area contributed by atoms with Crippen LogP contribution in [0.25, 0.3) is 10.8 Å². The molecule has 2 aromatic rings. The molecule has 1 aliphatic rings. The average Bonchev–Trinajstić information content (AvgIpc) is 3.20. The third-order valence-corrected chi connectivity index (χ3v) is 3.84. The summed E-state index contributed by atoms with van der Waals surface area (Å²) in [6.07, 6.45) is 1.03. The smallest absolute Gasteiger partial charge is 0.223 e. The largest absolute Gasteiger partial charge is 0.492 e. The Morgan fingerprint density at radius 3 is 2.75 bits per heavy atom. The van der Waals surface area contributed by atoms with Crippen molar-refractivity contribution in [2.75, 3.05) is 13.2 Å². The number of fused-ring (bicyclic) bond motifs is 1. The summed E-state index contributed by atoms with van der Waals surface area (Å²) in [6, 6.07) is 14.2. The highest BCUT2D eigenvalue weighted by atomic mass is 16.5. The van der Waals surface area contributed by atoms with Crippen molar-refractivity contribution in [1.82, 2.24) is 5.32 Å². The first-order chi connectivity index (χ1) is 9.74. The Balaban J connectivity index is 1.48. The van der Waals surface area contributed by atoms with E-state index in [0.29, 0.717) is 19.1 Å². The van der Waals surface area contributed by atoms with Crippen LogP contribution in [0.15, 0.2) is 42.5 Å². The van der Waals surface area contributed by atoms with Gasteiger partial charge in [0.15, 0.2) is 0 Å². The fourth-order valence-electron chi connectivity index (χ4n) is 2.42. The van der Waals surface area contributed by atoms with E-state index in [4.69, 9.17) is 4.74 Å². The molecule has 1 fully saturated rings. The van der Waals surface area contributed by atoms with E-state index in [1.54, 1.807) is 0 Å². The lowest BCUT2D eigenvalue weighted by molar-refractivity contribution is -0.122. The summed E-state index contributed by atoms with van der Waals surface area (Å²) in [5.41, 5.74) is 0. The molecule has 1 amide bonds. The Morgan fingerprint density at radius 1 is 1.25 bits per heavy atom. The van der Waals surface area contributed by atoms with E-state index in [9.17, 15) is 4.79 Å². The molecule has 3 heteroatoms. The number of carbonyl (C=O) groups is 1. The second-order valence-electron chi connectivity index (χ2n) is 5.47. The minimum Gasteiger partial charge on any atom is -0.492 e. The third-order valence-electron chi connectivity index (χ3n) is 3.84. The minimum atomic E-state index is 0.166. The summed E-state index contributed by atoms with van der Waals surface area (Å²) >= 11 is 0. The quantitative estimate of drug-likeness (QED) is 0.847. The van der Waals surface area contributed by atoms with Crippen LogP contribution in [0.1, 0.15) is 13.3 Å². The van der Waals surface area contributed by atoms with Crippen LogP contribution >= 0.6 is 0 Å². The van der Waals surface area contributed by atoms with Crippen molar-refractivity contribution < 1.29 is 9.53 Å². The molecule has 2 unspecified atom stereocenters. The molecule has 0 heterocycles. The van der Waals surface area contributed by atoms with Gasteiger partial charge in [-0.25, -0.2) is 0 Å². The normalized spacial score (nSPS) is 20.6. The maximum absolute atomic E-state index is 11.6. The van der Waals surface area contributed by atoms with Crippen LogP contribution in [0.4, 0.5) is 0 Å². The van der Waals surface area contributed by atoms with Gasteiger partial charge in [0, 0.05) is 5.92 Å². The molecule has 0 aliphatic heterocycles.